The van der Waals surface area contributed by atoms with Crippen LogP contribution < -0.4 is 0 Å². The molecule has 1 heterocycles. The minimum Gasteiger partial charge on any atom is -0.508 e. The summed E-state index contributed by atoms with van der Waals surface area (Å²) in [7, 11) is 0. The molecule has 0 aliphatic rings. The van der Waals surface area contributed by atoms with Crippen molar-refractivity contribution in [2.45, 2.75) is 0 Å². The molecule has 2 N–H and O–H groups in total. The number of phenols is 2. The minimum atomic E-state index is 0.249. The molecule has 4 nitrogen and oxygen atoms in total. The lowest BCUT2D eigenvalue weighted by Crippen LogP contribution is -1.95. The van der Waals surface area contributed by atoms with E-state index >= 15 is 0 Å². The van der Waals surface area contributed by atoms with Crippen LogP contribution in [0.3, 0.4) is 0 Å². The summed E-state index contributed by atoms with van der Waals surface area (Å²) < 4.78 is 0. The van der Waals surface area contributed by atoms with Crippen molar-refractivity contribution in [1.82, 2.24) is 9.97 Å². The summed E-state index contributed by atoms with van der Waals surface area (Å²) in [4.78, 5) is 9.98. The zero-order valence-electron chi connectivity index (χ0n) is 17.0. The summed E-state index contributed by atoms with van der Waals surface area (Å²) in [6.07, 6.45) is 0. The zero-order chi connectivity index (χ0) is 21.7. The fraction of sp³-hybridized carbons (Fsp3) is 0. The van der Waals surface area contributed by atoms with E-state index in [1.807, 2.05) is 60.7 Å². The highest BCUT2D eigenvalue weighted by Crippen LogP contribution is 2.35. The first-order chi connectivity index (χ1) is 15.6. The van der Waals surface area contributed by atoms with Crippen molar-refractivity contribution in [3.8, 4) is 34.0 Å². The van der Waals surface area contributed by atoms with Crippen LogP contribution in [-0.4, -0.2) is 20.2 Å². The third kappa shape index (κ3) is 3.10. The van der Waals surface area contributed by atoms with E-state index in [0.717, 1.165) is 55.1 Å². The van der Waals surface area contributed by atoms with Gasteiger partial charge in [-0.05, 0) is 70.1 Å². The predicted octanol–water partition coefficient (Wildman–Crippen LogP) is 6.68. The van der Waals surface area contributed by atoms with Gasteiger partial charge >= 0.3 is 0 Å². The molecule has 0 saturated heterocycles. The predicted molar refractivity (Wildman–Crippen MR) is 129 cm³/mol. The number of aromatic hydroxyl groups is 2. The fourth-order valence-corrected chi connectivity index (χ4v) is 4.16. The molecule has 0 atom stereocenters. The van der Waals surface area contributed by atoms with E-state index in [-0.39, 0.29) is 11.5 Å². The van der Waals surface area contributed by atoms with Gasteiger partial charge in [0, 0.05) is 11.1 Å². The Kier molecular flexibility index (Phi) is 4.05. The Labute approximate surface area is 184 Å². The van der Waals surface area contributed by atoms with E-state index in [1.54, 1.807) is 24.3 Å². The highest BCUT2D eigenvalue weighted by molar-refractivity contribution is 5.94. The molecule has 32 heavy (non-hydrogen) atoms. The smallest absolute Gasteiger partial charge is 0.116 e. The van der Waals surface area contributed by atoms with Crippen molar-refractivity contribution < 1.29 is 10.2 Å². The number of phenolic OH excluding ortho intramolecular Hbond substituents is 2. The number of hydrogen-bond donors (Lipinski definition) is 2. The van der Waals surface area contributed by atoms with Crippen molar-refractivity contribution in [3.63, 3.8) is 0 Å². The van der Waals surface area contributed by atoms with Crippen molar-refractivity contribution in [2.24, 2.45) is 0 Å². The van der Waals surface area contributed by atoms with E-state index in [2.05, 4.69) is 12.1 Å². The van der Waals surface area contributed by atoms with E-state index in [1.165, 1.54) is 0 Å². The Morgan fingerprint density at radius 3 is 1.31 bits per heavy atom. The Balaban J connectivity index is 1.61. The molecular weight excluding hydrogens is 396 g/mol. The minimum absolute atomic E-state index is 0.249. The molecule has 6 aromatic rings. The Morgan fingerprint density at radius 2 is 0.844 bits per heavy atom. The quantitative estimate of drug-likeness (QED) is 0.332. The lowest BCUT2D eigenvalue weighted by molar-refractivity contribution is 0.475. The molecule has 5 aromatic carbocycles. The maximum atomic E-state index is 9.79. The van der Waals surface area contributed by atoms with E-state index in [0.29, 0.717) is 0 Å². The molecule has 6 rings (SSSR count). The van der Waals surface area contributed by atoms with Crippen LogP contribution in [-0.2, 0) is 0 Å². The molecule has 0 radical (unpaired) electrons. The highest BCUT2D eigenvalue weighted by Gasteiger charge is 2.14. The Bertz CT molecular complexity index is 1530. The van der Waals surface area contributed by atoms with E-state index in [4.69, 9.17) is 9.97 Å². The molecule has 152 valence electrons. The normalized spacial score (nSPS) is 11.4. The Morgan fingerprint density at radius 1 is 0.438 bits per heavy atom. The van der Waals surface area contributed by atoms with Crippen LogP contribution in [0.4, 0.5) is 0 Å². The van der Waals surface area contributed by atoms with E-state index < -0.39 is 0 Å². The average molecular weight is 414 g/mol. The fourth-order valence-electron chi connectivity index (χ4n) is 4.16. The number of rotatable bonds is 2. The molecule has 0 bridgehead atoms. The maximum Gasteiger partial charge on any atom is 0.116 e. The van der Waals surface area contributed by atoms with Crippen molar-refractivity contribution in [3.05, 3.63) is 97.1 Å². The van der Waals surface area contributed by atoms with Crippen molar-refractivity contribution in [2.75, 3.05) is 0 Å². The van der Waals surface area contributed by atoms with Gasteiger partial charge in [-0.2, -0.15) is 0 Å². The van der Waals surface area contributed by atoms with Crippen LogP contribution in [0, 0.1) is 0 Å². The number of para-hydroxylation sites is 2. The van der Waals surface area contributed by atoms with Crippen LogP contribution in [0.25, 0.3) is 55.1 Å². The first kappa shape index (κ1) is 18.3. The standard InChI is InChI=1S/C28H18N2O2/c31-23-11-9-17-13-21(7-5-19(17)15-23)27-28(30-26-4-2-1-3-25(26)29-27)22-8-6-20-16-24(32)12-10-18(20)14-22/h1-16,31-32H. The summed E-state index contributed by atoms with van der Waals surface area (Å²) in [5.74, 6) is 0.497. The van der Waals surface area contributed by atoms with Gasteiger partial charge < -0.3 is 10.2 Å². The van der Waals surface area contributed by atoms with Gasteiger partial charge in [0.15, 0.2) is 0 Å². The molecule has 4 heteroatoms. The largest absolute Gasteiger partial charge is 0.508 e. The van der Waals surface area contributed by atoms with Crippen molar-refractivity contribution in [1.29, 1.82) is 0 Å². The van der Waals surface area contributed by atoms with Gasteiger partial charge in [-0.1, -0.05) is 48.5 Å². The number of aromatic nitrogens is 2. The summed E-state index contributed by atoms with van der Waals surface area (Å²) in [5.41, 5.74) is 5.20. The second-order valence-corrected chi connectivity index (χ2v) is 7.90. The molecule has 0 aliphatic heterocycles. The molecule has 0 unspecified atom stereocenters. The first-order valence-corrected chi connectivity index (χ1v) is 10.4. The first-order valence-electron chi connectivity index (χ1n) is 10.4. The van der Waals surface area contributed by atoms with Crippen LogP contribution in [0.2, 0.25) is 0 Å². The number of nitrogens with zero attached hydrogens (tertiary/aromatic N) is 2. The SMILES string of the molecule is Oc1ccc2cc(-c3nc4ccccc4nc3-c3ccc4cc(O)ccc4c3)ccc2c1. The third-order valence-electron chi connectivity index (χ3n) is 5.77. The van der Waals surface area contributed by atoms with Gasteiger partial charge in [0.1, 0.15) is 11.5 Å². The monoisotopic (exact) mass is 414 g/mol. The second-order valence-electron chi connectivity index (χ2n) is 7.90. The van der Waals surface area contributed by atoms with Gasteiger partial charge in [-0.15, -0.1) is 0 Å². The second kappa shape index (κ2) is 7.06. The molecule has 0 fully saturated rings. The number of fused-ring (bicyclic) bond motifs is 3. The zero-order valence-corrected chi connectivity index (χ0v) is 17.0. The van der Waals surface area contributed by atoms with Crippen LogP contribution in [0.15, 0.2) is 97.1 Å². The van der Waals surface area contributed by atoms with Gasteiger partial charge in [0.25, 0.3) is 0 Å². The maximum absolute atomic E-state index is 9.79. The topological polar surface area (TPSA) is 66.2 Å². The van der Waals surface area contributed by atoms with Gasteiger partial charge in [0.2, 0.25) is 0 Å². The summed E-state index contributed by atoms with van der Waals surface area (Å²) >= 11 is 0. The summed E-state index contributed by atoms with van der Waals surface area (Å²) in [6, 6.07) is 30.8. The third-order valence-corrected chi connectivity index (χ3v) is 5.77. The molecule has 1 aromatic heterocycles. The molecule has 0 spiro atoms. The summed E-state index contributed by atoms with van der Waals surface area (Å²) in [6.45, 7) is 0. The van der Waals surface area contributed by atoms with E-state index in [9.17, 15) is 10.2 Å². The molecular formula is C28H18N2O2. The van der Waals surface area contributed by atoms with Gasteiger partial charge in [0.05, 0.1) is 22.4 Å². The van der Waals surface area contributed by atoms with Gasteiger partial charge in [-0.25, -0.2) is 9.97 Å². The highest BCUT2D eigenvalue weighted by atomic mass is 16.3. The molecule has 0 aliphatic carbocycles. The number of benzene rings is 5. The van der Waals surface area contributed by atoms with Crippen LogP contribution in [0.5, 0.6) is 11.5 Å². The molecule has 0 saturated carbocycles. The average Bonchev–Trinajstić information content (AvgIpc) is 2.82. The Hall–Kier alpha value is -4.44. The van der Waals surface area contributed by atoms with Crippen LogP contribution in [0.1, 0.15) is 0 Å². The molecule has 0 amide bonds. The van der Waals surface area contributed by atoms with Crippen molar-refractivity contribution >= 4 is 32.6 Å². The van der Waals surface area contributed by atoms with Gasteiger partial charge in [-0.3, -0.25) is 0 Å². The lowest BCUT2D eigenvalue weighted by Gasteiger charge is -2.12. The summed E-state index contributed by atoms with van der Waals surface area (Å²) in [5, 5.41) is 23.6. The number of hydrogen-bond acceptors (Lipinski definition) is 4. The van der Waals surface area contributed by atoms with Crippen LogP contribution >= 0.6 is 0 Å². The lowest BCUT2D eigenvalue weighted by atomic mass is 9.98.